The largest absolute Gasteiger partial charge is 0.457 e. The van der Waals surface area contributed by atoms with Crippen LogP contribution in [-0.4, -0.2) is 32.8 Å². The third-order valence-corrected chi connectivity index (χ3v) is 8.98. The lowest BCUT2D eigenvalue weighted by atomic mass is 9.87. The molecule has 8 rings (SSSR count). The number of rotatable bonds is 7. The highest BCUT2D eigenvalue weighted by molar-refractivity contribution is 5.95. The fourth-order valence-electron chi connectivity index (χ4n) is 6.84. The van der Waals surface area contributed by atoms with Crippen LogP contribution in [0.4, 0.5) is 0 Å². The van der Waals surface area contributed by atoms with Crippen LogP contribution in [0.5, 0.6) is 11.5 Å². The van der Waals surface area contributed by atoms with Gasteiger partial charge in [-0.25, -0.2) is 4.68 Å². The number of aromatic nitrogens is 2. The van der Waals surface area contributed by atoms with Gasteiger partial charge in [-0.3, -0.25) is 0 Å². The molecule has 0 bridgehead atoms. The second-order valence-corrected chi connectivity index (χ2v) is 12.4. The van der Waals surface area contributed by atoms with Crippen molar-refractivity contribution >= 4 is 5.70 Å². The molecule has 2 aliphatic rings. The minimum absolute atomic E-state index is 0.179. The van der Waals surface area contributed by atoms with Gasteiger partial charge in [0.2, 0.25) is 0 Å². The maximum absolute atomic E-state index is 6.77. The molecular formula is C43H36N4O. The summed E-state index contributed by atoms with van der Waals surface area (Å²) in [6.07, 6.45) is 10.9. The van der Waals surface area contributed by atoms with Gasteiger partial charge in [-0.05, 0) is 89.7 Å². The quantitative estimate of drug-likeness (QED) is 0.177. The summed E-state index contributed by atoms with van der Waals surface area (Å²) in [5.74, 6) is 1.51. The molecule has 1 atom stereocenters. The number of aryl methyl sites for hydroxylation is 2. The number of likely N-dealkylation sites (N-methyl/N-ethyl adjacent to an activating group) is 1. The Bertz CT molecular complexity index is 2150. The van der Waals surface area contributed by atoms with Crippen molar-refractivity contribution in [3.63, 3.8) is 0 Å². The first kappa shape index (κ1) is 29.3. The zero-order valence-electron chi connectivity index (χ0n) is 27.3. The Morgan fingerprint density at radius 1 is 0.625 bits per heavy atom. The van der Waals surface area contributed by atoms with E-state index in [0.29, 0.717) is 0 Å². The lowest BCUT2D eigenvalue weighted by Crippen LogP contribution is -2.33. The van der Waals surface area contributed by atoms with Crippen LogP contribution in [0.1, 0.15) is 17.0 Å². The Balaban J connectivity index is 1.28. The van der Waals surface area contributed by atoms with Gasteiger partial charge in [0.05, 0.1) is 17.1 Å². The van der Waals surface area contributed by atoms with E-state index in [4.69, 9.17) is 9.84 Å². The molecule has 3 heterocycles. The Kier molecular flexibility index (Phi) is 7.50. The molecule has 0 saturated heterocycles. The number of hydrogen-bond acceptors (Lipinski definition) is 4. The van der Waals surface area contributed by atoms with Gasteiger partial charge in [-0.15, -0.1) is 0 Å². The molecule has 0 amide bonds. The third kappa shape index (κ3) is 5.50. The van der Waals surface area contributed by atoms with Crippen molar-refractivity contribution in [1.29, 1.82) is 0 Å². The topological polar surface area (TPSA) is 33.5 Å². The zero-order valence-corrected chi connectivity index (χ0v) is 27.3. The van der Waals surface area contributed by atoms with Crippen molar-refractivity contribution in [2.24, 2.45) is 0 Å². The highest BCUT2D eigenvalue weighted by atomic mass is 16.5. The van der Waals surface area contributed by atoms with Gasteiger partial charge in [0, 0.05) is 36.8 Å². The van der Waals surface area contributed by atoms with Gasteiger partial charge >= 0.3 is 0 Å². The van der Waals surface area contributed by atoms with Crippen molar-refractivity contribution in [2.45, 2.75) is 20.0 Å². The average molecular weight is 625 g/mol. The average Bonchev–Trinajstić information content (AvgIpc) is 3.66. The maximum atomic E-state index is 6.77. The van der Waals surface area contributed by atoms with Gasteiger partial charge in [0.25, 0.3) is 0 Å². The van der Waals surface area contributed by atoms with Gasteiger partial charge in [0.15, 0.2) is 0 Å². The number of hydrogen-bond donors (Lipinski definition) is 0. The van der Waals surface area contributed by atoms with E-state index in [-0.39, 0.29) is 6.17 Å². The number of nitrogens with zero attached hydrogens (tertiary/aromatic N) is 4. The summed E-state index contributed by atoms with van der Waals surface area (Å²) in [6.45, 7) is 4.12. The van der Waals surface area contributed by atoms with Crippen LogP contribution in [0.2, 0.25) is 0 Å². The Hall–Kier alpha value is -6.07. The molecule has 5 nitrogen and oxygen atoms in total. The Morgan fingerprint density at radius 3 is 1.98 bits per heavy atom. The predicted octanol–water partition coefficient (Wildman–Crippen LogP) is 10.2. The van der Waals surface area contributed by atoms with Gasteiger partial charge in [-0.1, -0.05) is 97.1 Å². The summed E-state index contributed by atoms with van der Waals surface area (Å²) in [7, 11) is 2.11. The number of benzene rings is 5. The second kappa shape index (κ2) is 12.3. The van der Waals surface area contributed by atoms with E-state index < -0.39 is 0 Å². The van der Waals surface area contributed by atoms with Crippen molar-refractivity contribution in [3.8, 4) is 50.6 Å². The lowest BCUT2D eigenvalue weighted by molar-refractivity contribution is 0.282. The fourth-order valence-corrected chi connectivity index (χ4v) is 6.84. The minimum atomic E-state index is 0.179. The molecule has 0 radical (unpaired) electrons. The lowest BCUT2D eigenvalue weighted by Gasteiger charge is -2.29. The van der Waals surface area contributed by atoms with E-state index >= 15 is 0 Å². The molecule has 0 spiro atoms. The van der Waals surface area contributed by atoms with Crippen LogP contribution in [0.15, 0.2) is 158 Å². The Labute approximate surface area is 282 Å². The van der Waals surface area contributed by atoms with Crippen LogP contribution in [0.3, 0.4) is 0 Å². The number of ether oxygens (including phenoxy) is 1. The van der Waals surface area contributed by atoms with Crippen molar-refractivity contribution < 1.29 is 4.74 Å². The van der Waals surface area contributed by atoms with E-state index in [0.717, 1.165) is 73.2 Å². The monoisotopic (exact) mass is 624 g/mol. The molecule has 0 saturated carbocycles. The first-order chi connectivity index (χ1) is 23.5. The van der Waals surface area contributed by atoms with Crippen molar-refractivity contribution in [3.05, 3.63) is 175 Å². The molecule has 5 aromatic carbocycles. The zero-order chi connectivity index (χ0) is 32.6. The van der Waals surface area contributed by atoms with E-state index in [9.17, 15) is 0 Å². The molecule has 1 unspecified atom stereocenters. The third-order valence-electron chi connectivity index (χ3n) is 8.98. The van der Waals surface area contributed by atoms with Crippen LogP contribution in [-0.2, 0) is 0 Å². The highest BCUT2D eigenvalue weighted by Crippen LogP contribution is 2.43. The highest BCUT2D eigenvalue weighted by Gasteiger charge is 2.28. The number of allylic oxidation sites excluding steroid dienone is 2. The van der Waals surface area contributed by atoms with Gasteiger partial charge < -0.3 is 14.5 Å². The molecule has 0 aliphatic carbocycles. The van der Waals surface area contributed by atoms with Crippen LogP contribution in [0, 0.1) is 13.8 Å². The first-order valence-corrected chi connectivity index (χ1v) is 16.3. The summed E-state index contributed by atoms with van der Waals surface area (Å²) >= 11 is 0. The summed E-state index contributed by atoms with van der Waals surface area (Å²) in [5.41, 5.74) is 12.0. The van der Waals surface area contributed by atoms with Gasteiger partial charge in [0.1, 0.15) is 17.7 Å². The summed E-state index contributed by atoms with van der Waals surface area (Å²) in [5, 5.41) is 4.87. The normalized spacial score (nSPS) is 15.1. The van der Waals surface area contributed by atoms with Crippen LogP contribution in [0.25, 0.3) is 44.8 Å². The molecule has 5 heteroatoms. The molecular weight excluding hydrogens is 589 g/mol. The van der Waals surface area contributed by atoms with Gasteiger partial charge in [-0.2, -0.15) is 5.10 Å². The number of fused-ring (bicyclic) bond motifs is 1. The minimum Gasteiger partial charge on any atom is -0.457 e. The van der Waals surface area contributed by atoms with Crippen molar-refractivity contribution in [2.75, 3.05) is 7.05 Å². The van der Waals surface area contributed by atoms with E-state index in [1.807, 2.05) is 17.7 Å². The van der Waals surface area contributed by atoms with E-state index in [1.165, 1.54) is 0 Å². The molecule has 0 N–H and O–H groups in total. The fraction of sp³-hybridized carbons (Fsp3) is 0.0930. The molecule has 1 aromatic heterocycles. The smallest absolute Gasteiger partial charge is 0.130 e. The molecule has 2 aliphatic heterocycles. The van der Waals surface area contributed by atoms with E-state index in [2.05, 4.69) is 176 Å². The second-order valence-electron chi connectivity index (χ2n) is 12.4. The van der Waals surface area contributed by atoms with Crippen LogP contribution < -0.4 is 4.74 Å². The standard InChI is InChI=1S/C43H36N4O/c1-30-24-31(2)47(44-30)36-25-35(43-39(32-14-6-4-7-15-32)20-13-21-40(43)33-16-8-5-9-17-33)27-38(28-36)48-37-19-12-18-34(26-37)41-29-45(3)42-22-10-11-23-46(41)42/h4-29,42H,1-3H3. The summed E-state index contributed by atoms with van der Waals surface area (Å²) in [6, 6.07) is 44.7. The molecule has 48 heavy (non-hydrogen) atoms. The van der Waals surface area contributed by atoms with Crippen LogP contribution >= 0.6 is 0 Å². The Morgan fingerprint density at radius 2 is 1.29 bits per heavy atom. The predicted molar refractivity (Wildman–Crippen MR) is 196 cm³/mol. The first-order valence-electron chi connectivity index (χ1n) is 16.3. The molecule has 0 fully saturated rings. The maximum Gasteiger partial charge on any atom is 0.130 e. The summed E-state index contributed by atoms with van der Waals surface area (Å²) in [4.78, 5) is 4.51. The SMILES string of the molecule is Cc1cc(C)n(-c2cc(Oc3cccc(C4=CN(C)C5C=CC=CN45)c3)cc(-c3c(-c4ccccc4)cccc3-c3ccccc3)c2)n1. The van der Waals surface area contributed by atoms with Crippen molar-refractivity contribution in [1.82, 2.24) is 19.6 Å². The van der Waals surface area contributed by atoms with E-state index in [1.54, 1.807) is 0 Å². The summed E-state index contributed by atoms with van der Waals surface area (Å²) < 4.78 is 8.78. The molecule has 6 aromatic rings. The molecule has 234 valence electrons.